The molecule has 0 bridgehead atoms. The van der Waals surface area contributed by atoms with Gasteiger partial charge in [0.25, 0.3) is 0 Å². The molecule has 4 heteroatoms. The molecule has 0 radical (unpaired) electrons. The quantitative estimate of drug-likeness (QED) is 0.876. The Balaban J connectivity index is 2.08. The summed E-state index contributed by atoms with van der Waals surface area (Å²) < 4.78 is 11.1. The fraction of sp³-hybridized carbons (Fsp3) is 0.375. The van der Waals surface area contributed by atoms with Crippen molar-refractivity contribution < 1.29 is 14.6 Å². The van der Waals surface area contributed by atoms with Crippen LogP contribution in [0.5, 0.6) is 11.5 Å². The maximum Gasteiger partial charge on any atom is 0.161 e. The minimum Gasteiger partial charge on any atom is -0.493 e. The highest BCUT2D eigenvalue weighted by atomic mass is 32.1. The molecule has 1 atom stereocenters. The second kappa shape index (κ2) is 6.77. The first kappa shape index (κ1) is 14.9. The van der Waals surface area contributed by atoms with Crippen molar-refractivity contribution in [2.24, 2.45) is 0 Å². The van der Waals surface area contributed by atoms with Crippen LogP contribution < -0.4 is 9.47 Å². The summed E-state index contributed by atoms with van der Waals surface area (Å²) in [7, 11) is 1.61. The minimum atomic E-state index is -0.512. The predicted octanol–water partition coefficient (Wildman–Crippen LogP) is 3.95. The van der Waals surface area contributed by atoms with Gasteiger partial charge in [-0.2, -0.15) is 0 Å². The van der Waals surface area contributed by atoms with E-state index in [1.54, 1.807) is 25.4 Å². The summed E-state index contributed by atoms with van der Waals surface area (Å²) in [4.78, 5) is 2.56. The van der Waals surface area contributed by atoms with Gasteiger partial charge >= 0.3 is 0 Å². The van der Waals surface area contributed by atoms with E-state index in [1.807, 2.05) is 18.2 Å². The van der Waals surface area contributed by atoms with E-state index >= 15 is 0 Å². The molecule has 1 heterocycles. The topological polar surface area (TPSA) is 38.7 Å². The van der Waals surface area contributed by atoms with E-state index in [-0.39, 0.29) is 0 Å². The number of aliphatic hydroxyl groups is 1. The molecule has 0 aliphatic heterocycles. The molecule has 3 nitrogen and oxygen atoms in total. The maximum absolute atomic E-state index is 9.58. The van der Waals surface area contributed by atoms with Gasteiger partial charge in [0.15, 0.2) is 11.5 Å². The van der Waals surface area contributed by atoms with Crippen molar-refractivity contribution in [3.05, 3.63) is 45.6 Å². The number of hydrogen-bond acceptors (Lipinski definition) is 4. The fourth-order valence-corrected chi connectivity index (χ4v) is 2.77. The number of rotatable bonds is 6. The van der Waals surface area contributed by atoms with Crippen LogP contribution >= 0.6 is 11.3 Å². The molecule has 1 aromatic heterocycles. The number of thiophene rings is 1. The van der Waals surface area contributed by atoms with Crippen molar-refractivity contribution >= 4 is 11.3 Å². The van der Waals surface area contributed by atoms with Gasteiger partial charge < -0.3 is 14.6 Å². The normalized spacial score (nSPS) is 12.2. The first-order valence-corrected chi connectivity index (χ1v) is 7.52. The molecule has 2 aromatic rings. The SMILES string of the molecule is CCc1ccc(COc2ccc(C(C)O)cc2OC)s1. The van der Waals surface area contributed by atoms with Crippen LogP contribution in [0.3, 0.4) is 0 Å². The van der Waals surface area contributed by atoms with E-state index in [2.05, 4.69) is 19.1 Å². The average Bonchev–Trinajstić information content (AvgIpc) is 2.92. The number of aliphatic hydroxyl groups excluding tert-OH is 1. The summed E-state index contributed by atoms with van der Waals surface area (Å²) in [6.45, 7) is 4.41. The molecule has 0 fully saturated rings. The monoisotopic (exact) mass is 292 g/mol. The van der Waals surface area contributed by atoms with Crippen LogP contribution in [0, 0.1) is 0 Å². The number of aryl methyl sites for hydroxylation is 1. The van der Waals surface area contributed by atoms with Gasteiger partial charge in [0.1, 0.15) is 6.61 Å². The zero-order valence-corrected chi connectivity index (χ0v) is 12.9. The molecule has 0 saturated carbocycles. The van der Waals surface area contributed by atoms with Crippen LogP contribution in [-0.2, 0) is 13.0 Å². The highest BCUT2D eigenvalue weighted by Gasteiger charge is 2.09. The summed E-state index contributed by atoms with van der Waals surface area (Å²) in [5, 5.41) is 9.58. The Morgan fingerprint density at radius 1 is 1.15 bits per heavy atom. The predicted molar refractivity (Wildman–Crippen MR) is 81.7 cm³/mol. The molecule has 20 heavy (non-hydrogen) atoms. The van der Waals surface area contributed by atoms with Crippen molar-refractivity contribution in [2.75, 3.05) is 7.11 Å². The summed E-state index contributed by atoms with van der Waals surface area (Å²) in [6.07, 6.45) is 0.541. The second-order valence-corrected chi connectivity index (χ2v) is 5.85. The van der Waals surface area contributed by atoms with Gasteiger partial charge in [-0.05, 0) is 43.2 Å². The summed E-state index contributed by atoms with van der Waals surface area (Å²) in [5.74, 6) is 1.35. The van der Waals surface area contributed by atoms with Crippen molar-refractivity contribution in [1.29, 1.82) is 0 Å². The van der Waals surface area contributed by atoms with Crippen LogP contribution in [0.4, 0.5) is 0 Å². The third-order valence-corrected chi connectivity index (χ3v) is 4.31. The number of ether oxygens (including phenoxy) is 2. The van der Waals surface area contributed by atoms with Crippen molar-refractivity contribution in [3.8, 4) is 11.5 Å². The smallest absolute Gasteiger partial charge is 0.161 e. The molecule has 0 spiro atoms. The molecule has 0 aliphatic rings. The van der Waals surface area contributed by atoms with E-state index < -0.39 is 6.10 Å². The second-order valence-electron chi connectivity index (χ2n) is 4.60. The largest absolute Gasteiger partial charge is 0.493 e. The molecule has 1 N–H and O–H groups in total. The molecule has 1 aromatic carbocycles. The lowest BCUT2D eigenvalue weighted by molar-refractivity contribution is 0.198. The Morgan fingerprint density at radius 2 is 1.90 bits per heavy atom. The molecule has 0 aliphatic carbocycles. The number of hydrogen-bond donors (Lipinski definition) is 1. The Hall–Kier alpha value is -1.52. The zero-order valence-electron chi connectivity index (χ0n) is 12.1. The number of benzene rings is 1. The summed E-state index contributed by atoms with van der Waals surface area (Å²) >= 11 is 1.77. The van der Waals surface area contributed by atoms with Gasteiger partial charge in [-0.15, -0.1) is 11.3 Å². The number of methoxy groups -OCH3 is 1. The first-order valence-electron chi connectivity index (χ1n) is 6.70. The Labute approximate surface area is 123 Å². The molecule has 1 unspecified atom stereocenters. The summed E-state index contributed by atoms with van der Waals surface area (Å²) in [5.41, 5.74) is 0.818. The Bertz CT molecular complexity index is 561. The Kier molecular flexibility index (Phi) is 5.04. The van der Waals surface area contributed by atoms with Crippen molar-refractivity contribution in [3.63, 3.8) is 0 Å². The van der Waals surface area contributed by atoms with Gasteiger partial charge in [0.05, 0.1) is 13.2 Å². The zero-order chi connectivity index (χ0) is 14.5. The van der Waals surface area contributed by atoms with E-state index in [0.717, 1.165) is 12.0 Å². The lowest BCUT2D eigenvalue weighted by atomic mass is 10.1. The maximum atomic E-state index is 9.58. The van der Waals surface area contributed by atoms with Gasteiger partial charge in [0.2, 0.25) is 0 Å². The lowest BCUT2D eigenvalue weighted by Crippen LogP contribution is -1.98. The summed E-state index contributed by atoms with van der Waals surface area (Å²) in [6, 6.07) is 9.74. The third-order valence-electron chi connectivity index (χ3n) is 3.11. The van der Waals surface area contributed by atoms with Crippen LogP contribution in [0.1, 0.15) is 35.3 Å². The highest BCUT2D eigenvalue weighted by Crippen LogP contribution is 2.31. The lowest BCUT2D eigenvalue weighted by Gasteiger charge is -2.12. The van der Waals surface area contributed by atoms with Crippen LogP contribution in [-0.4, -0.2) is 12.2 Å². The van der Waals surface area contributed by atoms with Crippen molar-refractivity contribution in [2.45, 2.75) is 33.0 Å². The fourth-order valence-electron chi connectivity index (χ4n) is 1.90. The van der Waals surface area contributed by atoms with Gasteiger partial charge in [-0.1, -0.05) is 13.0 Å². The first-order chi connectivity index (χ1) is 9.63. The minimum absolute atomic E-state index is 0.512. The molecular formula is C16H20O3S. The third kappa shape index (κ3) is 3.52. The highest BCUT2D eigenvalue weighted by molar-refractivity contribution is 7.11. The molecule has 0 saturated heterocycles. The molecule has 0 amide bonds. The standard InChI is InChI=1S/C16H20O3S/c1-4-13-6-7-14(20-13)10-19-15-8-5-12(11(2)17)9-16(15)18-3/h5-9,11,17H,4,10H2,1-3H3. The van der Waals surface area contributed by atoms with Crippen LogP contribution in [0.25, 0.3) is 0 Å². The van der Waals surface area contributed by atoms with Crippen molar-refractivity contribution in [1.82, 2.24) is 0 Å². The van der Waals surface area contributed by atoms with E-state index in [4.69, 9.17) is 9.47 Å². The Morgan fingerprint density at radius 3 is 2.50 bits per heavy atom. The van der Waals surface area contributed by atoms with E-state index in [1.165, 1.54) is 9.75 Å². The van der Waals surface area contributed by atoms with Crippen LogP contribution in [0.15, 0.2) is 30.3 Å². The van der Waals surface area contributed by atoms with E-state index in [9.17, 15) is 5.11 Å². The molecular weight excluding hydrogens is 272 g/mol. The molecule has 2 rings (SSSR count). The van der Waals surface area contributed by atoms with Gasteiger partial charge in [-0.25, -0.2) is 0 Å². The molecule has 108 valence electrons. The van der Waals surface area contributed by atoms with Gasteiger partial charge in [-0.3, -0.25) is 0 Å². The average molecular weight is 292 g/mol. The van der Waals surface area contributed by atoms with Crippen LogP contribution in [0.2, 0.25) is 0 Å². The van der Waals surface area contributed by atoms with E-state index in [0.29, 0.717) is 18.1 Å². The van der Waals surface area contributed by atoms with Gasteiger partial charge in [0, 0.05) is 9.75 Å².